The van der Waals surface area contributed by atoms with E-state index in [2.05, 4.69) is 4.98 Å². The lowest BCUT2D eigenvalue weighted by molar-refractivity contribution is -0.137. The quantitative estimate of drug-likeness (QED) is 0.605. The van der Waals surface area contributed by atoms with E-state index < -0.39 is 32.6 Å². The van der Waals surface area contributed by atoms with Crippen molar-refractivity contribution in [2.45, 2.75) is 11.1 Å². The van der Waals surface area contributed by atoms with E-state index in [4.69, 9.17) is 0 Å². The van der Waals surface area contributed by atoms with Crippen molar-refractivity contribution in [1.82, 2.24) is 15.2 Å². The van der Waals surface area contributed by atoms with Crippen LogP contribution in [0.25, 0.3) is 10.9 Å². The number of benzene rings is 2. The fourth-order valence-electron chi connectivity index (χ4n) is 2.32. The highest BCUT2D eigenvalue weighted by atomic mass is 32.2. The fraction of sp³-hybridized carbons (Fsp3) is 0.0625. The zero-order valence-corrected chi connectivity index (χ0v) is 13.8. The summed E-state index contributed by atoms with van der Waals surface area (Å²) in [6, 6.07) is 9.84. The van der Waals surface area contributed by atoms with Crippen molar-refractivity contribution in [2.75, 3.05) is 0 Å². The number of aromatic amines is 1. The lowest BCUT2D eigenvalue weighted by atomic mass is 10.2. The summed E-state index contributed by atoms with van der Waals surface area (Å²) in [6.45, 7) is 0. The van der Waals surface area contributed by atoms with Gasteiger partial charge in [-0.25, -0.2) is 8.42 Å². The number of para-hydroxylation sites is 1. The van der Waals surface area contributed by atoms with Gasteiger partial charge in [0.2, 0.25) is 0 Å². The molecule has 3 aromatic rings. The van der Waals surface area contributed by atoms with Gasteiger partial charge in [-0.15, -0.1) is 4.83 Å². The highest BCUT2D eigenvalue weighted by molar-refractivity contribution is 7.89. The third-order valence-electron chi connectivity index (χ3n) is 3.62. The van der Waals surface area contributed by atoms with E-state index in [1.807, 2.05) is 10.3 Å². The highest BCUT2D eigenvalue weighted by Crippen LogP contribution is 2.29. The molecule has 0 aliphatic carbocycles. The van der Waals surface area contributed by atoms with Crippen molar-refractivity contribution in [3.8, 4) is 0 Å². The molecule has 3 N–H and O–H groups in total. The van der Waals surface area contributed by atoms with Crippen LogP contribution in [-0.4, -0.2) is 19.3 Å². The molecule has 0 unspecified atom stereocenters. The zero-order chi connectivity index (χ0) is 18.9. The number of amides is 1. The minimum atomic E-state index is -4.57. The number of halogens is 3. The molecular formula is C16H12F3N3O3S. The van der Waals surface area contributed by atoms with Gasteiger partial charge in [0.25, 0.3) is 15.9 Å². The van der Waals surface area contributed by atoms with Gasteiger partial charge in [-0.05, 0) is 30.3 Å². The Labute approximate surface area is 146 Å². The van der Waals surface area contributed by atoms with E-state index in [9.17, 15) is 26.4 Å². The molecular weight excluding hydrogens is 371 g/mol. The van der Waals surface area contributed by atoms with Crippen molar-refractivity contribution in [3.63, 3.8) is 0 Å². The lowest BCUT2D eigenvalue weighted by Crippen LogP contribution is -2.41. The van der Waals surface area contributed by atoms with Gasteiger partial charge in [-0.2, -0.15) is 13.2 Å². The molecule has 0 bridgehead atoms. The Hall–Kier alpha value is -2.85. The summed E-state index contributed by atoms with van der Waals surface area (Å²) in [5.74, 6) is -0.710. The molecule has 3 rings (SSSR count). The highest BCUT2D eigenvalue weighted by Gasteiger charge is 2.30. The minimum Gasteiger partial charge on any atom is -0.360 e. The maximum atomic E-state index is 12.5. The topological polar surface area (TPSA) is 91.1 Å². The molecule has 0 saturated heterocycles. The zero-order valence-electron chi connectivity index (χ0n) is 13.0. The standard InChI is InChI=1S/C16H12F3N3O3S/c17-16(18,19)10-5-7-11(8-6-10)26(24,25)22-21-15(23)13-9-20-14-4-2-1-3-12(13)14/h1-9,20,22H,(H,21,23). The van der Waals surface area contributed by atoms with Gasteiger partial charge < -0.3 is 4.98 Å². The van der Waals surface area contributed by atoms with Crippen molar-refractivity contribution >= 4 is 26.8 Å². The van der Waals surface area contributed by atoms with E-state index in [1.165, 1.54) is 6.20 Å². The van der Waals surface area contributed by atoms with Gasteiger partial charge in [0, 0.05) is 17.1 Å². The summed E-state index contributed by atoms with van der Waals surface area (Å²) < 4.78 is 61.8. The van der Waals surface area contributed by atoms with Crippen LogP contribution in [0.15, 0.2) is 59.6 Å². The maximum absolute atomic E-state index is 12.5. The molecule has 0 aliphatic rings. The molecule has 10 heteroatoms. The number of fused-ring (bicyclic) bond motifs is 1. The molecule has 0 fully saturated rings. The average molecular weight is 383 g/mol. The Bertz CT molecular complexity index is 1060. The van der Waals surface area contributed by atoms with Gasteiger partial charge >= 0.3 is 6.18 Å². The molecule has 26 heavy (non-hydrogen) atoms. The van der Waals surface area contributed by atoms with Crippen LogP contribution < -0.4 is 10.3 Å². The molecule has 1 amide bonds. The van der Waals surface area contributed by atoms with Crippen LogP contribution in [0.3, 0.4) is 0 Å². The number of alkyl halides is 3. The second-order valence-electron chi connectivity index (χ2n) is 5.33. The number of carbonyl (C=O) groups is 1. The minimum absolute atomic E-state index is 0.218. The average Bonchev–Trinajstić information content (AvgIpc) is 3.03. The van der Waals surface area contributed by atoms with Gasteiger partial charge in [0.1, 0.15) is 0 Å². The van der Waals surface area contributed by atoms with Crippen LogP contribution in [0.1, 0.15) is 15.9 Å². The predicted octanol–water partition coefficient (Wildman–Crippen LogP) is 2.81. The van der Waals surface area contributed by atoms with E-state index >= 15 is 0 Å². The van der Waals surface area contributed by atoms with Crippen LogP contribution in [0.4, 0.5) is 13.2 Å². The molecule has 6 nitrogen and oxygen atoms in total. The molecule has 0 saturated carbocycles. The Morgan fingerprint density at radius 3 is 2.31 bits per heavy atom. The number of nitrogens with one attached hydrogen (secondary N) is 3. The molecule has 0 spiro atoms. The van der Waals surface area contributed by atoms with Crippen LogP contribution in [0.2, 0.25) is 0 Å². The van der Waals surface area contributed by atoms with Gasteiger partial charge in [0.05, 0.1) is 16.0 Å². The first-order chi connectivity index (χ1) is 12.2. The van der Waals surface area contributed by atoms with E-state index in [0.29, 0.717) is 23.0 Å². The first-order valence-electron chi connectivity index (χ1n) is 7.24. The maximum Gasteiger partial charge on any atom is 0.416 e. The third kappa shape index (κ3) is 3.55. The van der Waals surface area contributed by atoms with E-state index in [1.54, 1.807) is 24.3 Å². The Morgan fingerprint density at radius 2 is 1.65 bits per heavy atom. The van der Waals surface area contributed by atoms with Crippen molar-refractivity contribution < 1.29 is 26.4 Å². The summed E-state index contributed by atoms with van der Waals surface area (Å²) in [4.78, 5) is 16.5. The molecule has 1 heterocycles. The number of hydrazine groups is 1. The van der Waals surface area contributed by atoms with Gasteiger partial charge in [0.15, 0.2) is 0 Å². The van der Waals surface area contributed by atoms with Gasteiger partial charge in [-0.3, -0.25) is 10.2 Å². The summed E-state index contributed by atoms with van der Waals surface area (Å²) >= 11 is 0. The Morgan fingerprint density at radius 1 is 1.00 bits per heavy atom. The van der Waals surface area contributed by atoms with Crippen LogP contribution in [-0.2, 0) is 16.2 Å². The van der Waals surface area contributed by atoms with Crippen LogP contribution in [0.5, 0.6) is 0 Å². The second kappa shape index (κ2) is 6.46. The summed E-state index contributed by atoms with van der Waals surface area (Å²) in [7, 11) is -4.22. The number of rotatable bonds is 4. The number of aromatic nitrogens is 1. The largest absolute Gasteiger partial charge is 0.416 e. The normalized spacial score (nSPS) is 12.3. The summed E-state index contributed by atoms with van der Waals surface area (Å²) in [5.41, 5.74) is 1.98. The van der Waals surface area contributed by atoms with E-state index in [0.717, 1.165) is 12.1 Å². The smallest absolute Gasteiger partial charge is 0.360 e. The molecule has 136 valence electrons. The summed E-state index contributed by atoms with van der Waals surface area (Å²) in [5, 5.41) is 0.596. The first-order valence-corrected chi connectivity index (χ1v) is 8.72. The van der Waals surface area contributed by atoms with Crippen molar-refractivity contribution in [2.24, 2.45) is 0 Å². The SMILES string of the molecule is O=C(NNS(=O)(=O)c1ccc(C(F)(F)F)cc1)c1c[nH]c2ccccc12. The number of H-pyrrole nitrogens is 1. The number of carbonyl (C=O) groups excluding carboxylic acids is 1. The molecule has 0 radical (unpaired) electrons. The molecule has 1 aromatic heterocycles. The van der Waals surface area contributed by atoms with Crippen LogP contribution in [0, 0.1) is 0 Å². The van der Waals surface area contributed by atoms with E-state index in [-0.39, 0.29) is 5.56 Å². The van der Waals surface area contributed by atoms with Gasteiger partial charge in [-0.1, -0.05) is 18.2 Å². The first kappa shape index (κ1) is 18.0. The Kier molecular flexibility index (Phi) is 4.46. The van der Waals surface area contributed by atoms with Crippen LogP contribution >= 0.6 is 0 Å². The monoisotopic (exact) mass is 383 g/mol. The predicted molar refractivity (Wildman–Crippen MR) is 87.5 cm³/mol. The number of hydrogen-bond donors (Lipinski definition) is 3. The number of hydrogen-bond acceptors (Lipinski definition) is 3. The lowest BCUT2D eigenvalue weighted by Gasteiger charge is -2.10. The second-order valence-corrected chi connectivity index (χ2v) is 7.01. The molecule has 0 atom stereocenters. The molecule has 2 aromatic carbocycles. The Balaban J connectivity index is 1.75. The number of sulfonamides is 1. The van der Waals surface area contributed by atoms with Crippen molar-refractivity contribution in [3.05, 3.63) is 65.9 Å². The molecule has 0 aliphatic heterocycles. The van der Waals surface area contributed by atoms with Crippen molar-refractivity contribution in [1.29, 1.82) is 0 Å². The summed E-state index contributed by atoms with van der Waals surface area (Å²) in [6.07, 6.45) is -3.15. The fourth-order valence-corrected chi connectivity index (χ4v) is 3.16. The third-order valence-corrected chi connectivity index (χ3v) is 4.89.